The third-order valence-corrected chi connectivity index (χ3v) is 1.51. The number of halogens is 3. The average molecular weight is 218 g/mol. The van der Waals surface area contributed by atoms with Crippen LogP contribution in [0.1, 0.15) is 10.4 Å². The van der Waals surface area contributed by atoms with Crippen molar-refractivity contribution >= 4 is 11.9 Å². The molecule has 1 aromatic carbocycles. The van der Waals surface area contributed by atoms with E-state index in [2.05, 4.69) is 0 Å². The lowest BCUT2D eigenvalue weighted by Crippen LogP contribution is -2.34. The van der Waals surface area contributed by atoms with E-state index in [1.165, 1.54) is 24.3 Å². The van der Waals surface area contributed by atoms with Gasteiger partial charge in [-0.2, -0.15) is 0 Å². The summed E-state index contributed by atoms with van der Waals surface area (Å²) in [5.74, 6) is -1.44. The van der Waals surface area contributed by atoms with Crippen LogP contribution in [0.4, 0.5) is 18.2 Å². The van der Waals surface area contributed by atoms with E-state index in [9.17, 15) is 23.0 Å². The Bertz CT molecular complexity index is 369. The molecule has 0 fully saturated rings. The maximum atomic E-state index is 12.7. The number of carbonyl (C=O) groups is 2. The smallest absolute Gasteiger partial charge is 0.266 e. The summed E-state index contributed by atoms with van der Waals surface area (Å²) in [6, 6.07) is 4.44. The van der Waals surface area contributed by atoms with E-state index in [0.29, 0.717) is 0 Å². The van der Waals surface area contributed by atoms with Gasteiger partial charge in [-0.1, -0.05) is 36.8 Å². The molecular formula is C8H5F3N2O2. The molecule has 0 N–H and O–H groups in total. The lowest BCUT2D eigenvalue weighted by molar-refractivity contribution is -0.122. The number of nitrogens with zero attached hydrogens (tertiary/aromatic N) is 2. The van der Waals surface area contributed by atoms with Crippen LogP contribution in [-0.2, 0) is 0 Å². The third-order valence-electron chi connectivity index (χ3n) is 1.51. The molecule has 1 rings (SSSR count). The van der Waals surface area contributed by atoms with Crippen LogP contribution in [0.5, 0.6) is 0 Å². The molecule has 0 saturated carbocycles. The van der Waals surface area contributed by atoms with E-state index in [-0.39, 0.29) is 5.56 Å². The van der Waals surface area contributed by atoms with Crippen LogP contribution in [0.15, 0.2) is 30.3 Å². The number of imide groups is 1. The van der Waals surface area contributed by atoms with Crippen molar-refractivity contribution in [2.24, 2.45) is 0 Å². The van der Waals surface area contributed by atoms with Crippen molar-refractivity contribution in [1.82, 2.24) is 10.5 Å². The van der Waals surface area contributed by atoms with Crippen LogP contribution in [-0.4, -0.2) is 22.4 Å². The molecule has 0 unspecified atom stereocenters. The molecule has 80 valence electrons. The third kappa shape index (κ3) is 2.46. The van der Waals surface area contributed by atoms with Gasteiger partial charge < -0.3 is 0 Å². The number of benzene rings is 1. The van der Waals surface area contributed by atoms with Gasteiger partial charge in [0.1, 0.15) is 0 Å². The summed E-state index contributed by atoms with van der Waals surface area (Å²) in [7, 11) is 0. The Labute approximate surface area is 82.3 Å². The van der Waals surface area contributed by atoms with E-state index < -0.39 is 22.4 Å². The normalized spacial score (nSPS) is 9.53. The highest BCUT2D eigenvalue weighted by Gasteiger charge is 2.28. The monoisotopic (exact) mass is 218 g/mol. The van der Waals surface area contributed by atoms with Crippen molar-refractivity contribution in [3.8, 4) is 0 Å². The van der Waals surface area contributed by atoms with E-state index in [1.54, 1.807) is 6.07 Å². The van der Waals surface area contributed by atoms with E-state index >= 15 is 0 Å². The Hall–Kier alpha value is -2.05. The Balaban J connectivity index is 2.82. The van der Waals surface area contributed by atoms with Crippen molar-refractivity contribution in [2.45, 2.75) is 0 Å². The fourth-order valence-electron chi connectivity index (χ4n) is 0.847. The summed E-state index contributed by atoms with van der Waals surface area (Å²) in [6.07, 6.45) is 0. The van der Waals surface area contributed by atoms with Gasteiger partial charge in [0.2, 0.25) is 0 Å². The molecule has 7 heteroatoms. The first-order valence-corrected chi connectivity index (χ1v) is 3.75. The largest absolute Gasteiger partial charge is 0.414 e. The molecule has 0 aromatic heterocycles. The van der Waals surface area contributed by atoms with Gasteiger partial charge in [0.25, 0.3) is 5.91 Å². The van der Waals surface area contributed by atoms with E-state index in [4.69, 9.17) is 0 Å². The minimum Gasteiger partial charge on any atom is -0.266 e. The number of hydrogen-bond donors (Lipinski definition) is 0. The summed E-state index contributed by atoms with van der Waals surface area (Å²) < 4.78 is 35.9. The first-order valence-electron chi connectivity index (χ1n) is 3.75. The predicted octanol–water partition coefficient (Wildman–Crippen LogP) is 2.20. The SMILES string of the molecule is O=C(c1ccccc1)N(F)C(=O)N(F)F. The predicted molar refractivity (Wildman–Crippen MR) is 43.2 cm³/mol. The standard InChI is InChI=1S/C8H5F3N2O2/c9-12(8(15)13(10)11)7(14)6-4-2-1-3-5-6/h1-5H. The molecule has 0 aliphatic rings. The van der Waals surface area contributed by atoms with Crippen molar-refractivity contribution in [3.05, 3.63) is 35.9 Å². The van der Waals surface area contributed by atoms with Crippen LogP contribution in [0.25, 0.3) is 0 Å². The van der Waals surface area contributed by atoms with Crippen LogP contribution in [0, 0.1) is 0 Å². The molecule has 0 atom stereocenters. The summed E-state index contributed by atoms with van der Waals surface area (Å²) in [5, 5.41) is -3.17. The molecule has 0 heterocycles. The summed E-state index contributed by atoms with van der Waals surface area (Å²) in [6.45, 7) is 0. The van der Waals surface area contributed by atoms with Crippen molar-refractivity contribution in [1.29, 1.82) is 0 Å². The van der Waals surface area contributed by atoms with Crippen LogP contribution < -0.4 is 0 Å². The van der Waals surface area contributed by atoms with Gasteiger partial charge in [0, 0.05) is 10.9 Å². The van der Waals surface area contributed by atoms with Crippen LogP contribution in [0.3, 0.4) is 0 Å². The van der Waals surface area contributed by atoms with Gasteiger partial charge in [0.05, 0.1) is 0 Å². The molecule has 0 aliphatic heterocycles. The molecule has 0 aliphatic carbocycles. The highest BCUT2D eigenvalue weighted by molar-refractivity contribution is 6.02. The minimum atomic E-state index is -2.33. The lowest BCUT2D eigenvalue weighted by Gasteiger charge is -2.09. The van der Waals surface area contributed by atoms with E-state index in [1.807, 2.05) is 0 Å². The lowest BCUT2D eigenvalue weighted by atomic mass is 10.2. The van der Waals surface area contributed by atoms with E-state index in [0.717, 1.165) is 0 Å². The van der Waals surface area contributed by atoms with Crippen molar-refractivity contribution < 1.29 is 23.0 Å². The van der Waals surface area contributed by atoms with Gasteiger partial charge >= 0.3 is 6.03 Å². The van der Waals surface area contributed by atoms with Crippen molar-refractivity contribution in [3.63, 3.8) is 0 Å². The molecule has 0 spiro atoms. The zero-order valence-corrected chi connectivity index (χ0v) is 7.23. The highest BCUT2D eigenvalue weighted by Crippen LogP contribution is 2.08. The number of urea groups is 1. The van der Waals surface area contributed by atoms with Gasteiger partial charge in [-0.15, -0.1) is 0 Å². The first-order chi connectivity index (χ1) is 7.04. The molecular weight excluding hydrogens is 213 g/mol. The van der Waals surface area contributed by atoms with Crippen LogP contribution >= 0.6 is 0 Å². The number of amides is 3. The molecule has 0 saturated heterocycles. The molecule has 4 nitrogen and oxygen atoms in total. The first kappa shape index (κ1) is 11.0. The molecule has 0 bridgehead atoms. The molecule has 1 aromatic rings. The maximum Gasteiger partial charge on any atom is 0.414 e. The van der Waals surface area contributed by atoms with Crippen LogP contribution in [0.2, 0.25) is 0 Å². The average Bonchev–Trinajstić information content (AvgIpc) is 2.27. The van der Waals surface area contributed by atoms with Gasteiger partial charge in [-0.25, -0.2) is 4.79 Å². The van der Waals surface area contributed by atoms with Gasteiger partial charge in [-0.05, 0) is 12.1 Å². The van der Waals surface area contributed by atoms with Crippen molar-refractivity contribution in [2.75, 3.05) is 0 Å². The highest BCUT2D eigenvalue weighted by atomic mass is 19.4. The second kappa shape index (κ2) is 4.45. The Morgan fingerprint density at radius 3 is 2.00 bits per heavy atom. The number of hydrogen-bond acceptors (Lipinski definition) is 2. The molecule has 0 radical (unpaired) electrons. The van der Waals surface area contributed by atoms with Gasteiger partial charge in [0.15, 0.2) is 0 Å². The summed E-state index contributed by atoms with van der Waals surface area (Å²) >= 11 is 0. The Kier molecular flexibility index (Phi) is 3.27. The zero-order chi connectivity index (χ0) is 11.4. The maximum absolute atomic E-state index is 12.7. The topological polar surface area (TPSA) is 40.6 Å². The summed E-state index contributed by atoms with van der Waals surface area (Å²) in [5.41, 5.74) is -0.199. The minimum absolute atomic E-state index is 0.199. The fourth-order valence-corrected chi connectivity index (χ4v) is 0.847. The second-order valence-electron chi connectivity index (χ2n) is 2.47. The number of carbonyl (C=O) groups excluding carboxylic acids is 2. The zero-order valence-electron chi connectivity index (χ0n) is 7.23. The second-order valence-corrected chi connectivity index (χ2v) is 2.47. The summed E-state index contributed by atoms with van der Waals surface area (Å²) in [4.78, 5) is 21.4. The molecule has 15 heavy (non-hydrogen) atoms. The number of rotatable bonds is 1. The quantitative estimate of drug-likeness (QED) is 0.678. The Morgan fingerprint density at radius 1 is 1.00 bits per heavy atom. The molecule has 3 amide bonds. The fraction of sp³-hybridized carbons (Fsp3) is 0. The Morgan fingerprint density at radius 2 is 1.53 bits per heavy atom. The van der Waals surface area contributed by atoms with Gasteiger partial charge in [-0.3, -0.25) is 4.79 Å².